The van der Waals surface area contributed by atoms with Gasteiger partial charge in [0.25, 0.3) is 0 Å². The highest BCUT2D eigenvalue weighted by Gasteiger charge is 2.35. The van der Waals surface area contributed by atoms with Crippen molar-refractivity contribution in [2.24, 2.45) is 0 Å². The molecule has 4 rings (SSSR count). The molecule has 10 heteroatoms. The summed E-state index contributed by atoms with van der Waals surface area (Å²) in [5.41, 5.74) is 2.80. The average Bonchev–Trinajstić information content (AvgIpc) is 3.43. The molecule has 1 saturated heterocycles. The molecular weight excluding hydrogens is 458 g/mol. The lowest BCUT2D eigenvalue weighted by molar-refractivity contribution is -0.116. The van der Waals surface area contributed by atoms with Crippen LogP contribution in [0.2, 0.25) is 0 Å². The van der Waals surface area contributed by atoms with E-state index >= 15 is 0 Å². The normalized spacial score (nSPS) is 17.2. The second-order valence-electron chi connectivity index (χ2n) is 8.09. The van der Waals surface area contributed by atoms with E-state index in [2.05, 4.69) is 34.6 Å². The molecule has 0 radical (unpaired) electrons. The SMILES string of the molecule is CCCCc1ccc(-n2nnnc2SCC(=O)N(c2ccccc2)[C@@H]2CCS(=O)(=O)C2)cc1. The number of aryl methyl sites for hydroxylation is 1. The van der Waals surface area contributed by atoms with Crippen molar-refractivity contribution in [3.05, 3.63) is 60.2 Å². The van der Waals surface area contributed by atoms with Gasteiger partial charge in [-0.3, -0.25) is 4.79 Å². The Balaban J connectivity index is 1.48. The van der Waals surface area contributed by atoms with Gasteiger partial charge in [-0.2, -0.15) is 4.68 Å². The zero-order valence-corrected chi connectivity index (χ0v) is 20.1. The number of benzene rings is 2. The summed E-state index contributed by atoms with van der Waals surface area (Å²) >= 11 is 1.24. The van der Waals surface area contributed by atoms with Gasteiger partial charge in [0.2, 0.25) is 11.1 Å². The molecule has 0 saturated carbocycles. The topological polar surface area (TPSA) is 98.1 Å². The number of rotatable bonds is 9. The van der Waals surface area contributed by atoms with Crippen LogP contribution in [0.5, 0.6) is 0 Å². The van der Waals surface area contributed by atoms with Crippen LogP contribution >= 0.6 is 11.8 Å². The van der Waals surface area contributed by atoms with Crippen LogP contribution in [0.4, 0.5) is 5.69 Å². The summed E-state index contributed by atoms with van der Waals surface area (Å²) < 4.78 is 25.7. The molecule has 1 amide bonds. The standard InChI is InChI=1S/C23H27N5O3S2/c1-2-3-7-18-10-12-20(13-11-18)28-23(24-25-26-28)32-16-22(29)27(19-8-5-4-6-9-19)21-14-15-33(30,31)17-21/h4-6,8-13,21H,2-3,7,14-17H2,1H3/t21-/m1/s1. The van der Waals surface area contributed by atoms with E-state index in [1.165, 1.54) is 17.3 Å². The Bertz CT molecular complexity index is 1180. The smallest absolute Gasteiger partial charge is 0.237 e. The molecule has 0 unspecified atom stereocenters. The molecule has 0 spiro atoms. The van der Waals surface area contributed by atoms with Crippen molar-refractivity contribution >= 4 is 33.2 Å². The largest absolute Gasteiger partial charge is 0.308 e. The van der Waals surface area contributed by atoms with Crippen LogP contribution in [0.3, 0.4) is 0 Å². The lowest BCUT2D eigenvalue weighted by Crippen LogP contribution is -2.42. The second-order valence-corrected chi connectivity index (χ2v) is 11.3. The number of tetrazole rings is 1. The number of carbonyl (C=O) groups is 1. The van der Waals surface area contributed by atoms with E-state index in [4.69, 9.17) is 0 Å². The number of nitrogens with zero attached hydrogens (tertiary/aromatic N) is 5. The van der Waals surface area contributed by atoms with Crippen molar-refractivity contribution in [3.8, 4) is 5.69 Å². The maximum Gasteiger partial charge on any atom is 0.237 e. The number of amides is 1. The molecule has 174 valence electrons. The van der Waals surface area contributed by atoms with Gasteiger partial charge in [-0.05, 0) is 59.5 Å². The Morgan fingerprint density at radius 3 is 2.58 bits per heavy atom. The van der Waals surface area contributed by atoms with Crippen LogP contribution in [-0.4, -0.2) is 57.8 Å². The van der Waals surface area contributed by atoms with E-state index in [0.717, 1.165) is 24.9 Å². The van der Waals surface area contributed by atoms with Crippen molar-refractivity contribution in [2.75, 3.05) is 22.2 Å². The number of para-hydroxylation sites is 1. The molecule has 2 aromatic carbocycles. The zero-order chi connectivity index (χ0) is 23.3. The van der Waals surface area contributed by atoms with Crippen LogP contribution in [-0.2, 0) is 21.1 Å². The maximum atomic E-state index is 13.3. The van der Waals surface area contributed by atoms with Crippen molar-refractivity contribution in [3.63, 3.8) is 0 Å². The molecule has 1 fully saturated rings. The fraction of sp³-hybridized carbons (Fsp3) is 0.391. The summed E-state index contributed by atoms with van der Waals surface area (Å²) in [4.78, 5) is 14.9. The Labute approximate surface area is 198 Å². The highest BCUT2D eigenvalue weighted by Crippen LogP contribution is 2.27. The van der Waals surface area contributed by atoms with Crippen molar-refractivity contribution in [1.29, 1.82) is 0 Å². The monoisotopic (exact) mass is 485 g/mol. The minimum atomic E-state index is -3.13. The maximum absolute atomic E-state index is 13.3. The number of unbranched alkanes of at least 4 members (excludes halogenated alkanes) is 1. The van der Waals surface area contributed by atoms with Crippen LogP contribution in [0, 0.1) is 0 Å². The Morgan fingerprint density at radius 1 is 1.15 bits per heavy atom. The minimum absolute atomic E-state index is 0.0135. The van der Waals surface area contributed by atoms with Gasteiger partial charge in [-0.15, -0.1) is 5.10 Å². The third-order valence-electron chi connectivity index (χ3n) is 5.64. The first-order valence-electron chi connectivity index (χ1n) is 11.0. The lowest BCUT2D eigenvalue weighted by atomic mass is 10.1. The third-order valence-corrected chi connectivity index (χ3v) is 8.30. The van der Waals surface area contributed by atoms with Crippen molar-refractivity contribution < 1.29 is 13.2 Å². The molecule has 0 bridgehead atoms. The third kappa shape index (κ3) is 5.80. The number of anilines is 1. The predicted octanol–water partition coefficient (Wildman–Crippen LogP) is 3.32. The Kier molecular flexibility index (Phi) is 7.44. The number of carbonyl (C=O) groups excluding carboxylic acids is 1. The van der Waals surface area contributed by atoms with E-state index in [0.29, 0.717) is 17.3 Å². The molecular formula is C23H27N5O3S2. The van der Waals surface area contributed by atoms with Crippen LogP contribution in [0.15, 0.2) is 59.8 Å². The van der Waals surface area contributed by atoms with Crippen LogP contribution in [0.1, 0.15) is 31.7 Å². The molecule has 8 nitrogen and oxygen atoms in total. The van der Waals surface area contributed by atoms with E-state index in [1.807, 2.05) is 42.5 Å². The molecule has 0 N–H and O–H groups in total. The van der Waals surface area contributed by atoms with E-state index in [-0.39, 0.29) is 29.2 Å². The minimum Gasteiger partial charge on any atom is -0.308 e. The van der Waals surface area contributed by atoms with Gasteiger partial charge in [0.05, 0.1) is 29.0 Å². The summed E-state index contributed by atoms with van der Waals surface area (Å²) in [6, 6.07) is 17.0. The Morgan fingerprint density at radius 2 is 1.91 bits per heavy atom. The average molecular weight is 486 g/mol. The lowest BCUT2D eigenvalue weighted by Gasteiger charge is -2.28. The van der Waals surface area contributed by atoms with Gasteiger partial charge in [0, 0.05) is 5.69 Å². The number of hydrogen-bond donors (Lipinski definition) is 0. The van der Waals surface area contributed by atoms with Crippen molar-refractivity contribution in [2.45, 2.75) is 43.8 Å². The number of sulfone groups is 1. The van der Waals surface area contributed by atoms with Gasteiger partial charge in [-0.1, -0.05) is 55.4 Å². The molecule has 1 aliphatic heterocycles. The van der Waals surface area contributed by atoms with Crippen LogP contribution in [0.25, 0.3) is 5.69 Å². The van der Waals surface area contributed by atoms with E-state index < -0.39 is 9.84 Å². The second kappa shape index (κ2) is 10.5. The van der Waals surface area contributed by atoms with Gasteiger partial charge < -0.3 is 4.90 Å². The summed E-state index contributed by atoms with van der Waals surface area (Å²) in [6.45, 7) is 2.17. The number of thioether (sulfide) groups is 1. The van der Waals surface area contributed by atoms with Crippen LogP contribution < -0.4 is 4.90 Å². The summed E-state index contributed by atoms with van der Waals surface area (Å²) in [6.07, 6.45) is 3.77. The zero-order valence-electron chi connectivity index (χ0n) is 18.5. The highest BCUT2D eigenvalue weighted by atomic mass is 32.2. The molecule has 1 aliphatic rings. The molecule has 33 heavy (non-hydrogen) atoms. The molecule has 0 aliphatic carbocycles. The number of aromatic nitrogens is 4. The van der Waals surface area contributed by atoms with Gasteiger partial charge in [0.15, 0.2) is 9.84 Å². The van der Waals surface area contributed by atoms with Gasteiger partial charge >= 0.3 is 0 Å². The van der Waals surface area contributed by atoms with E-state index in [1.54, 1.807) is 9.58 Å². The van der Waals surface area contributed by atoms with Gasteiger partial charge in [-0.25, -0.2) is 8.42 Å². The predicted molar refractivity (Wildman–Crippen MR) is 129 cm³/mol. The van der Waals surface area contributed by atoms with Crippen molar-refractivity contribution in [1.82, 2.24) is 20.2 Å². The summed E-state index contributed by atoms with van der Waals surface area (Å²) in [5.74, 6) is 0.0205. The summed E-state index contributed by atoms with van der Waals surface area (Å²) in [5, 5.41) is 12.5. The first-order valence-corrected chi connectivity index (χ1v) is 13.9. The molecule has 3 aromatic rings. The fourth-order valence-electron chi connectivity index (χ4n) is 3.94. The first-order chi connectivity index (χ1) is 16.0. The highest BCUT2D eigenvalue weighted by molar-refractivity contribution is 7.99. The quantitative estimate of drug-likeness (QED) is 0.429. The fourth-order valence-corrected chi connectivity index (χ4v) is 6.39. The number of hydrogen-bond acceptors (Lipinski definition) is 7. The molecule has 1 atom stereocenters. The molecule has 1 aromatic heterocycles. The summed E-state index contributed by atoms with van der Waals surface area (Å²) in [7, 11) is -3.13. The molecule has 2 heterocycles. The first kappa shape index (κ1) is 23.4. The van der Waals surface area contributed by atoms with E-state index in [9.17, 15) is 13.2 Å². The Hall–Kier alpha value is -2.72. The van der Waals surface area contributed by atoms with Gasteiger partial charge in [0.1, 0.15) is 0 Å².